The van der Waals surface area contributed by atoms with Gasteiger partial charge in [-0.3, -0.25) is 4.79 Å². The standard InChI is InChI=1S/C20H19F3N4O3/c1-27-11-26-16-14(12-2-4-13(5-3-12)20(21,22)23)8-24-17(15(16)18(27)28)25-9-19(29)6-7-30-10-19/h2-5,8,11,29H,6-7,9-10H2,1H3,(H,24,25). The number of fused-ring (bicyclic) bond motifs is 1. The molecule has 7 nitrogen and oxygen atoms in total. The third-order valence-corrected chi connectivity index (χ3v) is 5.14. The van der Waals surface area contributed by atoms with Crippen molar-refractivity contribution in [1.29, 1.82) is 0 Å². The van der Waals surface area contributed by atoms with Crippen LogP contribution in [-0.2, 0) is 18.0 Å². The average Bonchev–Trinajstić information content (AvgIpc) is 3.15. The number of aliphatic hydroxyl groups is 1. The minimum Gasteiger partial charge on any atom is -0.386 e. The maximum Gasteiger partial charge on any atom is 0.416 e. The Kier molecular flexibility index (Phi) is 4.99. The summed E-state index contributed by atoms with van der Waals surface area (Å²) in [5.74, 6) is 0.245. The highest BCUT2D eigenvalue weighted by Gasteiger charge is 2.32. The van der Waals surface area contributed by atoms with E-state index < -0.39 is 17.3 Å². The number of aromatic nitrogens is 3. The Morgan fingerprint density at radius 1 is 1.27 bits per heavy atom. The van der Waals surface area contributed by atoms with Gasteiger partial charge in [-0.2, -0.15) is 13.2 Å². The van der Waals surface area contributed by atoms with Crippen molar-refractivity contribution in [3.05, 3.63) is 52.7 Å². The van der Waals surface area contributed by atoms with Crippen LogP contribution in [0.3, 0.4) is 0 Å². The topological polar surface area (TPSA) is 89.3 Å². The van der Waals surface area contributed by atoms with E-state index in [1.807, 2.05) is 0 Å². The van der Waals surface area contributed by atoms with Gasteiger partial charge in [-0.15, -0.1) is 0 Å². The number of ether oxygens (including phenoxy) is 1. The van der Waals surface area contributed by atoms with E-state index in [-0.39, 0.29) is 29.9 Å². The fourth-order valence-electron chi connectivity index (χ4n) is 3.38. The lowest BCUT2D eigenvalue weighted by Crippen LogP contribution is -2.37. The quantitative estimate of drug-likeness (QED) is 0.675. The molecule has 1 atom stereocenters. The molecule has 1 aliphatic heterocycles. The summed E-state index contributed by atoms with van der Waals surface area (Å²) in [7, 11) is 1.54. The number of aryl methyl sites for hydroxylation is 1. The lowest BCUT2D eigenvalue weighted by molar-refractivity contribution is -0.137. The van der Waals surface area contributed by atoms with E-state index >= 15 is 0 Å². The molecule has 0 bridgehead atoms. The Bertz CT molecular complexity index is 1140. The second kappa shape index (κ2) is 7.37. The average molecular weight is 420 g/mol. The predicted molar refractivity (Wildman–Crippen MR) is 104 cm³/mol. The van der Waals surface area contributed by atoms with Crippen LogP contribution in [0, 0.1) is 0 Å². The molecule has 2 aromatic heterocycles. The number of hydrogen-bond donors (Lipinski definition) is 2. The Morgan fingerprint density at radius 3 is 2.63 bits per heavy atom. The molecule has 0 radical (unpaired) electrons. The minimum absolute atomic E-state index is 0.132. The highest BCUT2D eigenvalue weighted by molar-refractivity contribution is 5.98. The van der Waals surface area contributed by atoms with Gasteiger partial charge >= 0.3 is 6.18 Å². The van der Waals surface area contributed by atoms with Crippen molar-refractivity contribution in [2.45, 2.75) is 18.2 Å². The molecule has 158 valence electrons. The van der Waals surface area contributed by atoms with Crippen LogP contribution in [0.1, 0.15) is 12.0 Å². The summed E-state index contributed by atoms with van der Waals surface area (Å²) in [6, 6.07) is 4.60. The zero-order valence-electron chi connectivity index (χ0n) is 16.0. The van der Waals surface area contributed by atoms with E-state index in [1.165, 1.54) is 29.2 Å². The Hall–Kier alpha value is -2.98. The molecule has 1 aliphatic rings. The van der Waals surface area contributed by atoms with Crippen molar-refractivity contribution in [2.24, 2.45) is 7.05 Å². The lowest BCUT2D eigenvalue weighted by Gasteiger charge is -2.21. The number of benzene rings is 1. The number of halogens is 3. The van der Waals surface area contributed by atoms with Crippen LogP contribution >= 0.6 is 0 Å². The number of anilines is 1. The van der Waals surface area contributed by atoms with Gasteiger partial charge in [0.1, 0.15) is 16.8 Å². The third-order valence-electron chi connectivity index (χ3n) is 5.14. The van der Waals surface area contributed by atoms with Crippen molar-refractivity contribution in [3.63, 3.8) is 0 Å². The highest BCUT2D eigenvalue weighted by Crippen LogP contribution is 2.33. The molecule has 4 rings (SSSR count). The molecular formula is C20H19F3N4O3. The normalized spacial score (nSPS) is 19.4. The molecule has 1 aromatic carbocycles. The van der Waals surface area contributed by atoms with Crippen LogP contribution in [0.2, 0.25) is 0 Å². The van der Waals surface area contributed by atoms with Gasteiger partial charge in [-0.05, 0) is 17.7 Å². The molecule has 1 unspecified atom stereocenters. The summed E-state index contributed by atoms with van der Waals surface area (Å²) in [4.78, 5) is 21.4. The van der Waals surface area contributed by atoms with E-state index in [0.717, 1.165) is 12.1 Å². The molecule has 3 aromatic rings. The van der Waals surface area contributed by atoms with Crippen LogP contribution in [-0.4, -0.2) is 45.0 Å². The van der Waals surface area contributed by atoms with E-state index in [4.69, 9.17) is 4.74 Å². The molecular weight excluding hydrogens is 401 g/mol. The summed E-state index contributed by atoms with van der Waals surface area (Å²) in [6.45, 7) is 0.757. The number of nitrogens with one attached hydrogen (secondary N) is 1. The fourth-order valence-corrected chi connectivity index (χ4v) is 3.38. The SMILES string of the molecule is Cn1cnc2c(-c3ccc(C(F)(F)F)cc3)cnc(NCC3(O)CCOC3)c2c1=O. The summed E-state index contributed by atoms with van der Waals surface area (Å²) < 4.78 is 45.1. The zero-order valence-corrected chi connectivity index (χ0v) is 16.0. The maximum atomic E-state index is 12.9. The molecule has 0 saturated carbocycles. The van der Waals surface area contributed by atoms with Crippen molar-refractivity contribution in [3.8, 4) is 11.1 Å². The smallest absolute Gasteiger partial charge is 0.386 e. The first kappa shape index (κ1) is 20.3. The van der Waals surface area contributed by atoms with Gasteiger partial charge in [0, 0.05) is 38.4 Å². The third kappa shape index (κ3) is 3.75. The first-order chi connectivity index (χ1) is 14.2. The van der Waals surface area contributed by atoms with Crippen LogP contribution < -0.4 is 10.9 Å². The second-order valence-electron chi connectivity index (χ2n) is 7.36. The van der Waals surface area contributed by atoms with Crippen LogP contribution in [0.4, 0.5) is 19.0 Å². The second-order valence-corrected chi connectivity index (χ2v) is 7.36. The van der Waals surface area contributed by atoms with Gasteiger partial charge in [0.05, 0.1) is 24.0 Å². The molecule has 2 N–H and O–H groups in total. The molecule has 30 heavy (non-hydrogen) atoms. The number of hydrogen-bond acceptors (Lipinski definition) is 6. The number of pyridine rings is 1. The summed E-state index contributed by atoms with van der Waals surface area (Å²) >= 11 is 0. The maximum absolute atomic E-state index is 12.9. The van der Waals surface area contributed by atoms with Gasteiger partial charge < -0.3 is 19.7 Å². The molecule has 0 spiro atoms. The Morgan fingerprint density at radius 2 is 2.00 bits per heavy atom. The van der Waals surface area contributed by atoms with Gasteiger partial charge in [0.25, 0.3) is 5.56 Å². The first-order valence-corrected chi connectivity index (χ1v) is 9.24. The minimum atomic E-state index is -4.44. The molecule has 10 heteroatoms. The van der Waals surface area contributed by atoms with Crippen molar-refractivity contribution in [1.82, 2.24) is 14.5 Å². The van der Waals surface area contributed by atoms with Gasteiger partial charge in [0.2, 0.25) is 0 Å². The largest absolute Gasteiger partial charge is 0.416 e. The predicted octanol–water partition coefficient (Wildman–Crippen LogP) is 2.58. The van der Waals surface area contributed by atoms with Crippen LogP contribution in [0.5, 0.6) is 0 Å². The highest BCUT2D eigenvalue weighted by atomic mass is 19.4. The van der Waals surface area contributed by atoms with E-state index in [0.29, 0.717) is 29.7 Å². The molecule has 3 heterocycles. The molecule has 0 aliphatic carbocycles. The Labute approximate surface area is 169 Å². The number of nitrogens with zero attached hydrogens (tertiary/aromatic N) is 3. The monoisotopic (exact) mass is 420 g/mol. The molecule has 1 fully saturated rings. The number of alkyl halides is 3. The van der Waals surface area contributed by atoms with Crippen molar-refractivity contribution < 1.29 is 23.0 Å². The van der Waals surface area contributed by atoms with E-state index in [9.17, 15) is 23.1 Å². The van der Waals surface area contributed by atoms with Gasteiger partial charge in [-0.25, -0.2) is 9.97 Å². The van der Waals surface area contributed by atoms with Crippen LogP contribution in [0.25, 0.3) is 22.0 Å². The summed E-state index contributed by atoms with van der Waals surface area (Å²) in [5, 5.41) is 13.7. The fraction of sp³-hybridized carbons (Fsp3) is 0.350. The zero-order chi connectivity index (χ0) is 21.5. The van der Waals surface area contributed by atoms with Gasteiger partial charge in [-0.1, -0.05) is 12.1 Å². The molecule has 0 amide bonds. The summed E-state index contributed by atoms with van der Waals surface area (Å²) in [6.07, 6.45) is -1.18. The van der Waals surface area contributed by atoms with E-state index in [1.54, 1.807) is 7.05 Å². The van der Waals surface area contributed by atoms with Crippen molar-refractivity contribution >= 4 is 16.7 Å². The van der Waals surface area contributed by atoms with E-state index in [2.05, 4.69) is 15.3 Å². The molecule has 1 saturated heterocycles. The first-order valence-electron chi connectivity index (χ1n) is 9.24. The Balaban J connectivity index is 1.77. The number of rotatable bonds is 4. The lowest BCUT2D eigenvalue weighted by atomic mass is 10.0. The summed E-state index contributed by atoms with van der Waals surface area (Å²) in [5.41, 5.74) is -0.991. The van der Waals surface area contributed by atoms with Crippen LogP contribution in [0.15, 0.2) is 41.6 Å². The van der Waals surface area contributed by atoms with Gasteiger partial charge in [0.15, 0.2) is 0 Å². The van der Waals surface area contributed by atoms with Crippen molar-refractivity contribution in [2.75, 3.05) is 25.1 Å².